The summed E-state index contributed by atoms with van der Waals surface area (Å²) in [5, 5.41) is 10.3. The van der Waals surface area contributed by atoms with Crippen LogP contribution >= 0.6 is 23.1 Å². The highest BCUT2D eigenvalue weighted by molar-refractivity contribution is 7.99. The summed E-state index contributed by atoms with van der Waals surface area (Å²) in [6, 6.07) is 18.3. The van der Waals surface area contributed by atoms with Gasteiger partial charge in [0.1, 0.15) is 0 Å². The van der Waals surface area contributed by atoms with Gasteiger partial charge in [0.2, 0.25) is 5.91 Å². The normalized spacial score (nSPS) is 13.0. The van der Waals surface area contributed by atoms with Gasteiger partial charge in [0.15, 0.2) is 16.1 Å². The highest BCUT2D eigenvalue weighted by Gasteiger charge is 2.24. The summed E-state index contributed by atoms with van der Waals surface area (Å²) in [4.78, 5) is 21.5. The van der Waals surface area contributed by atoms with Crippen LogP contribution in [-0.2, 0) is 31.2 Å². The lowest BCUT2D eigenvalue weighted by molar-refractivity contribution is -0.116. The van der Waals surface area contributed by atoms with Crippen molar-refractivity contribution in [3.05, 3.63) is 76.3 Å². The first kappa shape index (κ1) is 22.8. The number of hydrogen-bond acceptors (Lipinski definition) is 6. The van der Waals surface area contributed by atoms with Crippen LogP contribution < -0.4 is 4.90 Å². The number of carbonyl (C=O) groups is 1. The lowest BCUT2D eigenvalue weighted by Crippen LogP contribution is -2.32. The van der Waals surface area contributed by atoms with Gasteiger partial charge in [0.05, 0.1) is 18.0 Å². The molecule has 0 spiro atoms. The second-order valence-corrected chi connectivity index (χ2v) is 10.6. The van der Waals surface area contributed by atoms with Gasteiger partial charge in [-0.1, -0.05) is 65.9 Å². The van der Waals surface area contributed by atoms with Crippen molar-refractivity contribution in [3.8, 4) is 11.4 Å². The summed E-state index contributed by atoms with van der Waals surface area (Å²) in [6.07, 6.45) is 4.45. The van der Waals surface area contributed by atoms with Crippen LogP contribution in [0, 0.1) is 6.92 Å². The molecule has 0 saturated heterocycles. The molecule has 5 rings (SSSR count). The molecule has 0 atom stereocenters. The zero-order valence-corrected chi connectivity index (χ0v) is 21.0. The van der Waals surface area contributed by atoms with Crippen molar-refractivity contribution in [2.45, 2.75) is 44.3 Å². The lowest BCUT2D eigenvalue weighted by Gasteiger charge is -2.20. The van der Waals surface area contributed by atoms with E-state index in [0.717, 1.165) is 40.1 Å². The Morgan fingerprint density at radius 1 is 1.09 bits per heavy atom. The summed E-state index contributed by atoms with van der Waals surface area (Å²) in [5.74, 6) is 1.10. The van der Waals surface area contributed by atoms with Gasteiger partial charge in [-0.05, 0) is 44.2 Å². The zero-order chi connectivity index (χ0) is 23.5. The van der Waals surface area contributed by atoms with Gasteiger partial charge in [-0.15, -0.1) is 21.5 Å². The van der Waals surface area contributed by atoms with E-state index in [4.69, 9.17) is 4.98 Å². The number of thioether (sulfide) groups is 1. The number of amides is 1. The number of rotatable bonds is 7. The quantitative estimate of drug-likeness (QED) is 0.323. The highest BCUT2D eigenvalue weighted by Crippen LogP contribution is 2.33. The molecule has 0 N–H and O–H groups in total. The average Bonchev–Trinajstić information content (AvgIpc) is 3.45. The fraction of sp³-hybridized carbons (Fsp3) is 0.308. The number of benzene rings is 2. The molecule has 1 aliphatic carbocycles. The number of aromatic nitrogens is 4. The monoisotopic (exact) mass is 489 g/mol. The van der Waals surface area contributed by atoms with E-state index in [1.165, 1.54) is 40.7 Å². The van der Waals surface area contributed by atoms with Crippen molar-refractivity contribution in [3.63, 3.8) is 0 Å². The topological polar surface area (TPSA) is 63.9 Å². The lowest BCUT2D eigenvalue weighted by atomic mass is 10.0. The maximum Gasteiger partial charge on any atom is 0.239 e. The van der Waals surface area contributed by atoms with E-state index in [1.807, 2.05) is 46.8 Å². The number of nitrogens with zero attached hydrogens (tertiary/aromatic N) is 5. The molecule has 174 valence electrons. The fourth-order valence-corrected chi connectivity index (χ4v) is 6.11. The molecule has 6 nitrogen and oxygen atoms in total. The van der Waals surface area contributed by atoms with Crippen molar-refractivity contribution in [2.24, 2.45) is 7.05 Å². The molecule has 1 aliphatic rings. The number of fused-ring (bicyclic) bond motifs is 1. The zero-order valence-electron chi connectivity index (χ0n) is 19.4. The van der Waals surface area contributed by atoms with Crippen LogP contribution in [0.3, 0.4) is 0 Å². The molecular formula is C26H27N5OS2. The molecule has 0 unspecified atom stereocenters. The Labute approximate surface area is 208 Å². The predicted molar refractivity (Wildman–Crippen MR) is 138 cm³/mol. The second kappa shape index (κ2) is 10.1. The molecule has 0 radical (unpaired) electrons. The Kier molecular flexibility index (Phi) is 6.78. The number of aryl methyl sites for hydroxylation is 3. The van der Waals surface area contributed by atoms with Crippen LogP contribution in [0.2, 0.25) is 0 Å². The van der Waals surface area contributed by atoms with Crippen LogP contribution in [0.5, 0.6) is 0 Å². The van der Waals surface area contributed by atoms with Gasteiger partial charge in [-0.3, -0.25) is 9.69 Å². The molecule has 8 heteroatoms. The first-order valence-corrected chi connectivity index (χ1v) is 13.3. The average molecular weight is 490 g/mol. The fourth-order valence-electron chi connectivity index (χ4n) is 4.16. The Hall–Kier alpha value is -2.97. The SMILES string of the molecule is Cc1cccc(-c2nnc(SCC(=O)N(Cc3ccccc3)c3nc4c(s3)CCCC4)n2C)c1. The van der Waals surface area contributed by atoms with E-state index in [1.54, 1.807) is 11.3 Å². The number of carbonyl (C=O) groups excluding carboxylic acids is 1. The minimum atomic E-state index is 0.0278. The van der Waals surface area contributed by atoms with Crippen molar-refractivity contribution in [1.29, 1.82) is 0 Å². The minimum Gasteiger partial charge on any atom is -0.305 e. The van der Waals surface area contributed by atoms with Gasteiger partial charge in [-0.25, -0.2) is 4.98 Å². The molecular weight excluding hydrogens is 462 g/mol. The third kappa shape index (κ3) is 4.93. The van der Waals surface area contributed by atoms with Crippen molar-refractivity contribution in [2.75, 3.05) is 10.7 Å². The molecule has 2 aromatic heterocycles. The Morgan fingerprint density at radius 2 is 1.91 bits per heavy atom. The van der Waals surface area contributed by atoms with Gasteiger partial charge in [-0.2, -0.15) is 0 Å². The molecule has 0 fully saturated rings. The van der Waals surface area contributed by atoms with E-state index in [-0.39, 0.29) is 11.7 Å². The maximum atomic E-state index is 13.5. The number of anilines is 1. The largest absolute Gasteiger partial charge is 0.305 e. The summed E-state index contributed by atoms with van der Waals surface area (Å²) in [7, 11) is 1.95. The summed E-state index contributed by atoms with van der Waals surface area (Å²) < 4.78 is 1.95. The second-order valence-electron chi connectivity index (χ2n) is 8.56. The van der Waals surface area contributed by atoms with E-state index >= 15 is 0 Å². The summed E-state index contributed by atoms with van der Waals surface area (Å²) in [6.45, 7) is 2.58. The van der Waals surface area contributed by atoms with Gasteiger partial charge in [0.25, 0.3) is 0 Å². The Bertz CT molecular complexity index is 1270. The first-order valence-electron chi connectivity index (χ1n) is 11.5. The summed E-state index contributed by atoms with van der Waals surface area (Å²) >= 11 is 3.09. The van der Waals surface area contributed by atoms with E-state index < -0.39 is 0 Å². The number of thiazole rings is 1. The third-order valence-electron chi connectivity index (χ3n) is 5.99. The van der Waals surface area contributed by atoms with Gasteiger partial charge >= 0.3 is 0 Å². The highest BCUT2D eigenvalue weighted by atomic mass is 32.2. The van der Waals surface area contributed by atoms with Gasteiger partial charge in [0, 0.05) is 17.5 Å². The molecule has 0 saturated carbocycles. The van der Waals surface area contributed by atoms with Crippen molar-refractivity contribution >= 4 is 34.1 Å². The molecule has 4 aromatic rings. The Balaban J connectivity index is 1.35. The van der Waals surface area contributed by atoms with Crippen LogP contribution in [0.4, 0.5) is 5.13 Å². The van der Waals surface area contributed by atoms with Crippen molar-refractivity contribution in [1.82, 2.24) is 19.7 Å². The van der Waals surface area contributed by atoms with Crippen LogP contribution in [-0.4, -0.2) is 31.4 Å². The van der Waals surface area contributed by atoms with E-state index in [0.29, 0.717) is 6.54 Å². The molecule has 2 heterocycles. The van der Waals surface area contributed by atoms with E-state index in [9.17, 15) is 4.79 Å². The standard InChI is InChI=1S/C26H27N5OS2/c1-18-9-8-12-20(15-18)24-28-29-26(30(24)2)33-17-23(32)31(16-19-10-4-3-5-11-19)25-27-21-13-6-7-14-22(21)34-25/h3-5,8-12,15H,6-7,13-14,16-17H2,1-2H3. The Morgan fingerprint density at radius 3 is 2.71 bits per heavy atom. The summed E-state index contributed by atoms with van der Waals surface area (Å²) in [5.41, 5.74) is 4.45. The smallest absolute Gasteiger partial charge is 0.239 e. The first-order chi connectivity index (χ1) is 16.6. The maximum absolute atomic E-state index is 13.5. The molecule has 34 heavy (non-hydrogen) atoms. The predicted octanol–water partition coefficient (Wildman–Crippen LogP) is 5.45. The van der Waals surface area contributed by atoms with Crippen LogP contribution in [0.25, 0.3) is 11.4 Å². The van der Waals surface area contributed by atoms with Gasteiger partial charge < -0.3 is 4.57 Å². The van der Waals surface area contributed by atoms with Crippen LogP contribution in [0.1, 0.15) is 34.5 Å². The third-order valence-corrected chi connectivity index (χ3v) is 8.17. The molecule has 1 amide bonds. The minimum absolute atomic E-state index is 0.0278. The molecule has 0 bridgehead atoms. The molecule has 0 aliphatic heterocycles. The number of hydrogen-bond donors (Lipinski definition) is 0. The van der Waals surface area contributed by atoms with Crippen molar-refractivity contribution < 1.29 is 4.79 Å². The molecule has 2 aromatic carbocycles. The van der Waals surface area contributed by atoms with Crippen LogP contribution in [0.15, 0.2) is 59.8 Å². The van der Waals surface area contributed by atoms with E-state index in [2.05, 4.69) is 41.4 Å².